The average Bonchev–Trinajstić information content (AvgIpc) is 3.08. The first-order chi connectivity index (χ1) is 15.0. The Kier molecular flexibility index (Phi) is 6.16. The number of anilines is 1. The fraction of sp³-hybridized carbons (Fsp3) is 0.455. The summed E-state index contributed by atoms with van der Waals surface area (Å²) in [5.41, 5.74) is -4.51. The first kappa shape index (κ1) is 24.8. The maximum atomic E-state index is 13.2. The second-order valence-electron chi connectivity index (χ2n) is 9.73. The lowest BCUT2D eigenvalue weighted by Crippen LogP contribution is -2.31. The molecule has 3 rings (SSSR count). The first-order valence-corrected chi connectivity index (χ1v) is 11.7. The van der Waals surface area contributed by atoms with Gasteiger partial charge in [-0.15, -0.1) is 15.0 Å². The van der Waals surface area contributed by atoms with Gasteiger partial charge in [-0.3, -0.25) is 4.72 Å². The van der Waals surface area contributed by atoms with Crippen LogP contribution in [0.5, 0.6) is 5.75 Å². The van der Waals surface area contributed by atoms with Crippen LogP contribution >= 0.6 is 0 Å². The van der Waals surface area contributed by atoms with Crippen molar-refractivity contribution in [3.05, 3.63) is 42.0 Å². The van der Waals surface area contributed by atoms with Gasteiger partial charge in [0.25, 0.3) is 0 Å². The van der Waals surface area contributed by atoms with Gasteiger partial charge < -0.3 is 4.74 Å². The topological polar surface area (TPSA) is 86.1 Å². The summed E-state index contributed by atoms with van der Waals surface area (Å²) in [6, 6.07) is 10.1. The van der Waals surface area contributed by atoms with Gasteiger partial charge in [0.1, 0.15) is 16.7 Å². The van der Waals surface area contributed by atoms with Crippen molar-refractivity contribution < 1.29 is 26.3 Å². The monoisotopic (exact) mass is 484 g/mol. The Hall–Kier alpha value is -2.82. The van der Waals surface area contributed by atoms with Crippen molar-refractivity contribution >= 4 is 26.7 Å². The number of halogens is 3. The van der Waals surface area contributed by atoms with Gasteiger partial charge in [0.2, 0.25) is 0 Å². The highest BCUT2D eigenvalue weighted by atomic mass is 32.2. The number of hydrogen-bond acceptors (Lipinski definition) is 5. The summed E-state index contributed by atoms with van der Waals surface area (Å²) in [5.74, 6) is -0.126. The molecule has 0 amide bonds. The molecule has 1 N–H and O–H groups in total. The lowest BCUT2D eigenvalue weighted by atomic mass is 9.72. The SMILES string of the molecule is COc1c(NS(=O)(=O)C(F)(F)F)cc(C(C)(C)CC(C)(C)C)cc1-n1nc2ccccc2n1. The Balaban J connectivity index is 2.28. The summed E-state index contributed by atoms with van der Waals surface area (Å²) in [5, 5.41) is 8.80. The molecule has 0 atom stereocenters. The van der Waals surface area contributed by atoms with Gasteiger partial charge in [-0.25, -0.2) is 0 Å². The number of fused-ring (bicyclic) bond motifs is 1. The van der Waals surface area contributed by atoms with E-state index in [4.69, 9.17) is 4.74 Å². The minimum Gasteiger partial charge on any atom is -0.492 e. The number of benzene rings is 2. The zero-order valence-corrected chi connectivity index (χ0v) is 20.1. The van der Waals surface area contributed by atoms with Crippen LogP contribution in [0.25, 0.3) is 16.7 Å². The minimum absolute atomic E-state index is 0.103. The molecule has 2 aromatic carbocycles. The van der Waals surface area contributed by atoms with E-state index in [0.717, 1.165) is 0 Å². The van der Waals surface area contributed by atoms with Crippen LogP contribution in [0.4, 0.5) is 18.9 Å². The fourth-order valence-corrected chi connectivity index (χ4v) is 4.60. The van der Waals surface area contributed by atoms with Gasteiger partial charge in [0, 0.05) is 0 Å². The third-order valence-corrected chi connectivity index (χ3v) is 6.18. The van der Waals surface area contributed by atoms with E-state index >= 15 is 0 Å². The Morgan fingerprint density at radius 2 is 1.55 bits per heavy atom. The molecular formula is C22H27F3N4O3S. The van der Waals surface area contributed by atoms with E-state index in [9.17, 15) is 21.6 Å². The average molecular weight is 485 g/mol. The van der Waals surface area contributed by atoms with Crippen LogP contribution < -0.4 is 9.46 Å². The van der Waals surface area contributed by atoms with Crippen molar-refractivity contribution in [3.8, 4) is 11.4 Å². The van der Waals surface area contributed by atoms with E-state index in [1.807, 2.05) is 34.6 Å². The van der Waals surface area contributed by atoms with E-state index in [-0.39, 0.29) is 22.5 Å². The molecule has 7 nitrogen and oxygen atoms in total. The Morgan fingerprint density at radius 3 is 2.00 bits per heavy atom. The van der Waals surface area contributed by atoms with Crippen molar-refractivity contribution in [1.82, 2.24) is 15.0 Å². The third kappa shape index (κ3) is 5.23. The molecule has 0 unspecified atom stereocenters. The van der Waals surface area contributed by atoms with Crippen LogP contribution in [-0.4, -0.2) is 36.0 Å². The highest BCUT2D eigenvalue weighted by molar-refractivity contribution is 7.93. The normalized spacial score (nSPS) is 13.4. The van der Waals surface area contributed by atoms with Gasteiger partial charge in [0.05, 0.1) is 12.8 Å². The number of sulfonamides is 1. The zero-order valence-electron chi connectivity index (χ0n) is 19.3. The summed E-state index contributed by atoms with van der Waals surface area (Å²) >= 11 is 0. The molecule has 180 valence electrons. The van der Waals surface area contributed by atoms with Crippen LogP contribution in [0, 0.1) is 5.41 Å². The lowest BCUT2D eigenvalue weighted by molar-refractivity contribution is -0.0429. The number of aromatic nitrogens is 3. The molecule has 0 saturated heterocycles. The Bertz CT molecular complexity index is 1240. The summed E-state index contributed by atoms with van der Waals surface area (Å²) in [6.45, 7) is 10.0. The maximum Gasteiger partial charge on any atom is 0.516 e. The molecule has 0 aliphatic heterocycles. The molecule has 0 bridgehead atoms. The van der Waals surface area contributed by atoms with E-state index in [2.05, 4.69) is 10.2 Å². The van der Waals surface area contributed by atoms with Crippen LogP contribution in [0.1, 0.15) is 46.6 Å². The molecule has 0 radical (unpaired) electrons. The van der Waals surface area contributed by atoms with Crippen molar-refractivity contribution in [2.24, 2.45) is 5.41 Å². The molecule has 3 aromatic rings. The molecule has 0 fully saturated rings. The van der Waals surface area contributed by atoms with E-state index in [0.29, 0.717) is 23.0 Å². The predicted molar refractivity (Wildman–Crippen MR) is 121 cm³/mol. The maximum absolute atomic E-state index is 13.2. The van der Waals surface area contributed by atoms with Crippen molar-refractivity contribution in [3.63, 3.8) is 0 Å². The van der Waals surface area contributed by atoms with Crippen molar-refractivity contribution in [1.29, 1.82) is 0 Å². The molecule has 1 heterocycles. The minimum atomic E-state index is -5.68. The third-order valence-electron chi connectivity index (χ3n) is 5.08. The largest absolute Gasteiger partial charge is 0.516 e. The molecule has 11 heteroatoms. The molecule has 33 heavy (non-hydrogen) atoms. The summed E-state index contributed by atoms with van der Waals surface area (Å²) in [6.07, 6.45) is 0.672. The van der Waals surface area contributed by atoms with Gasteiger partial charge in [-0.2, -0.15) is 21.6 Å². The number of ether oxygens (including phenoxy) is 1. The molecule has 0 aliphatic carbocycles. The molecule has 1 aromatic heterocycles. The smallest absolute Gasteiger partial charge is 0.492 e. The second-order valence-corrected chi connectivity index (χ2v) is 11.4. The van der Waals surface area contributed by atoms with Gasteiger partial charge >= 0.3 is 15.5 Å². The van der Waals surface area contributed by atoms with E-state index in [1.54, 1.807) is 35.1 Å². The number of nitrogens with one attached hydrogen (secondary N) is 1. The highest BCUT2D eigenvalue weighted by Crippen LogP contribution is 2.42. The summed E-state index contributed by atoms with van der Waals surface area (Å²) in [4.78, 5) is 1.24. The Labute approximate surface area is 191 Å². The lowest BCUT2D eigenvalue weighted by Gasteiger charge is -2.34. The van der Waals surface area contributed by atoms with E-state index in [1.165, 1.54) is 18.0 Å². The van der Waals surface area contributed by atoms with Crippen LogP contribution in [-0.2, 0) is 15.4 Å². The molecule has 0 saturated carbocycles. The second kappa shape index (κ2) is 8.19. The number of nitrogens with zero attached hydrogens (tertiary/aromatic N) is 3. The highest BCUT2D eigenvalue weighted by Gasteiger charge is 2.46. The number of alkyl halides is 3. The number of methoxy groups -OCH3 is 1. The van der Waals surface area contributed by atoms with Gasteiger partial charge in [-0.1, -0.05) is 46.8 Å². The molecule has 0 aliphatic rings. The zero-order chi connectivity index (χ0) is 24.8. The van der Waals surface area contributed by atoms with Crippen LogP contribution in [0.3, 0.4) is 0 Å². The number of rotatable bonds is 6. The van der Waals surface area contributed by atoms with Crippen LogP contribution in [0.2, 0.25) is 0 Å². The standard InChI is InChI=1S/C22H27F3N4O3S/c1-20(2,3)13-21(4,5)14-11-17(28-33(30,31)22(23,24)25)19(32-6)18(12-14)29-26-15-9-7-8-10-16(15)27-29/h7-12,28H,13H2,1-6H3. The van der Waals surface area contributed by atoms with Crippen molar-refractivity contribution in [2.45, 2.75) is 52.0 Å². The molecule has 0 spiro atoms. The summed E-state index contributed by atoms with van der Waals surface area (Å²) in [7, 11) is -4.44. The van der Waals surface area contributed by atoms with Gasteiger partial charge in [0.15, 0.2) is 5.75 Å². The predicted octanol–water partition coefficient (Wildman–Crippen LogP) is 5.40. The van der Waals surface area contributed by atoms with Crippen molar-refractivity contribution in [2.75, 3.05) is 11.8 Å². The van der Waals surface area contributed by atoms with Crippen LogP contribution in [0.15, 0.2) is 36.4 Å². The van der Waals surface area contributed by atoms with Gasteiger partial charge in [-0.05, 0) is 47.1 Å². The number of hydrogen-bond donors (Lipinski definition) is 1. The summed E-state index contributed by atoms with van der Waals surface area (Å²) < 4.78 is 70.3. The molecular weight excluding hydrogens is 457 g/mol. The fourth-order valence-electron chi connectivity index (χ4n) is 4.04. The Morgan fingerprint density at radius 1 is 1.00 bits per heavy atom. The quantitative estimate of drug-likeness (QED) is 0.506. The first-order valence-electron chi connectivity index (χ1n) is 10.2. The van der Waals surface area contributed by atoms with E-state index < -0.39 is 20.9 Å².